The largest absolute Gasteiger partial charge is 0.465 e. The Hall–Kier alpha value is -1.40. The molecule has 5 nitrogen and oxygen atoms in total. The molecule has 0 aromatic rings. The van der Waals surface area contributed by atoms with Gasteiger partial charge >= 0.3 is 11.9 Å². The molecule has 1 rings (SSSR count). The predicted octanol–water partition coefficient (Wildman–Crippen LogP) is 5.57. The maximum atomic E-state index is 12.8. The summed E-state index contributed by atoms with van der Waals surface area (Å²) in [6, 6.07) is 0. The number of carbonyl (C=O) groups is 2. The van der Waals surface area contributed by atoms with E-state index in [1.54, 1.807) is 19.9 Å². The molecule has 0 amide bonds. The smallest absolute Gasteiger partial charge is 0.324 e. The maximum absolute atomic E-state index is 12.8. The minimum atomic E-state index is -1.94. The highest BCUT2D eigenvalue weighted by atomic mass is 28.4. The molecule has 0 atom stereocenters. The first-order valence-electron chi connectivity index (χ1n) is 10.6. The fraction of sp³-hybridized carbons (Fsp3) is 0.739. The lowest BCUT2D eigenvalue weighted by molar-refractivity contribution is -0.171. The van der Waals surface area contributed by atoms with Crippen LogP contribution >= 0.6 is 0 Å². The molecule has 0 heterocycles. The molecule has 0 bridgehead atoms. The van der Waals surface area contributed by atoms with E-state index >= 15 is 0 Å². The van der Waals surface area contributed by atoms with E-state index in [1.165, 1.54) is 0 Å². The summed E-state index contributed by atoms with van der Waals surface area (Å²) in [6.45, 7) is 20.8. The Labute approximate surface area is 178 Å². The van der Waals surface area contributed by atoms with Gasteiger partial charge in [0, 0.05) is 0 Å². The van der Waals surface area contributed by atoms with Gasteiger partial charge in [0.15, 0.2) is 13.7 Å². The third-order valence-corrected chi connectivity index (χ3v) is 10.8. The molecule has 0 unspecified atom stereocenters. The summed E-state index contributed by atoms with van der Waals surface area (Å²) >= 11 is 0. The van der Waals surface area contributed by atoms with Crippen LogP contribution in [0.3, 0.4) is 0 Å². The molecule has 1 aliphatic rings. The van der Waals surface area contributed by atoms with Crippen LogP contribution in [0.5, 0.6) is 0 Å². The van der Waals surface area contributed by atoms with Gasteiger partial charge in [0.25, 0.3) is 0 Å². The molecule has 29 heavy (non-hydrogen) atoms. The molecule has 166 valence electrons. The lowest BCUT2D eigenvalue weighted by atomic mass is 9.80. The van der Waals surface area contributed by atoms with Crippen LogP contribution in [0.15, 0.2) is 24.3 Å². The van der Waals surface area contributed by atoms with E-state index in [0.717, 1.165) is 18.4 Å². The van der Waals surface area contributed by atoms with Crippen LogP contribution in [0.2, 0.25) is 18.1 Å². The third-order valence-electron chi connectivity index (χ3n) is 6.26. The summed E-state index contributed by atoms with van der Waals surface area (Å²) in [6.07, 6.45) is 5.87. The summed E-state index contributed by atoms with van der Waals surface area (Å²) in [5, 5.41) is 0.116. The standard InChI is InChI=1S/C23H40O5Si/c1-10-14-22(19(24)26-11-2,20(25)27-12-3)15-13-18(4)23(16-17-23)28-29(8,9)21(5,6)7/h10,13H,1,11-12,14-17H2,2-9H3/b18-13+. The lowest BCUT2D eigenvalue weighted by Crippen LogP contribution is -2.45. The van der Waals surface area contributed by atoms with Crippen molar-refractivity contribution in [3.63, 3.8) is 0 Å². The Bertz CT molecular complexity index is 620. The number of ether oxygens (including phenoxy) is 2. The Morgan fingerprint density at radius 3 is 1.86 bits per heavy atom. The minimum absolute atomic E-state index is 0.116. The van der Waals surface area contributed by atoms with Crippen molar-refractivity contribution >= 4 is 20.3 Å². The van der Waals surface area contributed by atoms with Gasteiger partial charge in [-0.15, -0.1) is 6.58 Å². The first kappa shape index (κ1) is 25.6. The van der Waals surface area contributed by atoms with E-state index in [-0.39, 0.29) is 36.7 Å². The normalized spacial score (nSPS) is 16.9. The van der Waals surface area contributed by atoms with E-state index in [4.69, 9.17) is 13.9 Å². The van der Waals surface area contributed by atoms with Crippen LogP contribution in [-0.2, 0) is 23.5 Å². The molecule has 1 aliphatic carbocycles. The minimum Gasteiger partial charge on any atom is -0.465 e. The van der Waals surface area contributed by atoms with Crippen molar-refractivity contribution in [2.75, 3.05) is 13.2 Å². The van der Waals surface area contributed by atoms with Crippen LogP contribution in [0.4, 0.5) is 0 Å². The van der Waals surface area contributed by atoms with Crippen molar-refractivity contribution < 1.29 is 23.5 Å². The Balaban J connectivity index is 3.19. The van der Waals surface area contributed by atoms with Crippen LogP contribution in [-0.4, -0.2) is 39.1 Å². The highest BCUT2D eigenvalue weighted by Crippen LogP contribution is 2.52. The summed E-state index contributed by atoms with van der Waals surface area (Å²) < 4.78 is 17.2. The molecule has 6 heteroatoms. The summed E-state index contributed by atoms with van der Waals surface area (Å²) in [7, 11) is -1.94. The zero-order valence-corrected chi connectivity index (χ0v) is 20.6. The average Bonchev–Trinajstić information content (AvgIpc) is 3.37. The number of allylic oxidation sites excluding steroid dienone is 2. The van der Waals surface area contributed by atoms with E-state index in [1.807, 2.05) is 13.0 Å². The van der Waals surface area contributed by atoms with Crippen LogP contribution < -0.4 is 0 Å². The Morgan fingerprint density at radius 2 is 1.52 bits per heavy atom. The molecular weight excluding hydrogens is 384 g/mol. The van der Waals surface area contributed by atoms with Crippen LogP contribution in [0.25, 0.3) is 0 Å². The molecule has 1 fully saturated rings. The van der Waals surface area contributed by atoms with E-state index in [9.17, 15) is 9.59 Å². The van der Waals surface area contributed by atoms with Gasteiger partial charge in [0.2, 0.25) is 0 Å². The third kappa shape index (κ3) is 5.82. The maximum Gasteiger partial charge on any atom is 0.324 e. The average molecular weight is 425 g/mol. The van der Waals surface area contributed by atoms with Crippen molar-refractivity contribution in [2.24, 2.45) is 5.41 Å². The monoisotopic (exact) mass is 424 g/mol. The van der Waals surface area contributed by atoms with E-state index in [2.05, 4.69) is 40.4 Å². The predicted molar refractivity (Wildman–Crippen MR) is 119 cm³/mol. The second-order valence-electron chi connectivity index (χ2n) is 9.46. The highest BCUT2D eigenvalue weighted by Gasteiger charge is 2.53. The van der Waals surface area contributed by atoms with Gasteiger partial charge in [-0.2, -0.15) is 0 Å². The van der Waals surface area contributed by atoms with Crippen LogP contribution in [0, 0.1) is 5.41 Å². The molecule has 1 saturated carbocycles. The number of hydrogen-bond donors (Lipinski definition) is 0. The molecule has 0 aromatic carbocycles. The quantitative estimate of drug-likeness (QED) is 0.188. The van der Waals surface area contributed by atoms with Crippen molar-refractivity contribution in [3.05, 3.63) is 24.3 Å². The highest BCUT2D eigenvalue weighted by molar-refractivity contribution is 6.74. The van der Waals surface area contributed by atoms with Crippen molar-refractivity contribution in [1.29, 1.82) is 0 Å². The number of rotatable bonds is 11. The second kappa shape index (κ2) is 9.60. The van der Waals surface area contributed by atoms with Crippen molar-refractivity contribution in [3.8, 4) is 0 Å². The molecular formula is C23H40O5Si. The Kier molecular flexibility index (Phi) is 8.49. The molecule has 0 radical (unpaired) electrons. The van der Waals surface area contributed by atoms with E-state index < -0.39 is 25.7 Å². The topological polar surface area (TPSA) is 61.8 Å². The SMILES string of the molecule is C=CCC(C/C=C(\C)C1(O[Si](C)(C)C(C)(C)C)CC1)(C(=O)OCC)C(=O)OCC. The summed E-state index contributed by atoms with van der Waals surface area (Å²) in [4.78, 5) is 25.6. The van der Waals surface area contributed by atoms with Crippen LogP contribution in [0.1, 0.15) is 67.2 Å². The van der Waals surface area contributed by atoms with Crippen molar-refractivity contribution in [1.82, 2.24) is 0 Å². The lowest BCUT2D eigenvalue weighted by Gasteiger charge is -2.40. The van der Waals surface area contributed by atoms with Gasteiger partial charge in [-0.3, -0.25) is 9.59 Å². The van der Waals surface area contributed by atoms with Gasteiger partial charge in [-0.25, -0.2) is 0 Å². The van der Waals surface area contributed by atoms with Gasteiger partial charge in [-0.05, 0) is 70.2 Å². The second-order valence-corrected chi connectivity index (χ2v) is 14.2. The van der Waals surface area contributed by atoms with Gasteiger partial charge < -0.3 is 13.9 Å². The molecule has 0 spiro atoms. The van der Waals surface area contributed by atoms with E-state index in [0.29, 0.717) is 0 Å². The van der Waals surface area contributed by atoms with Gasteiger partial charge in [-0.1, -0.05) is 32.9 Å². The molecule has 0 aromatic heterocycles. The van der Waals surface area contributed by atoms with Crippen molar-refractivity contribution in [2.45, 2.75) is 91.0 Å². The number of carbonyl (C=O) groups excluding carboxylic acids is 2. The zero-order valence-electron chi connectivity index (χ0n) is 19.6. The number of hydrogen-bond acceptors (Lipinski definition) is 5. The first-order chi connectivity index (χ1) is 13.3. The fourth-order valence-electron chi connectivity index (χ4n) is 3.13. The molecule has 0 aliphatic heterocycles. The zero-order chi connectivity index (χ0) is 22.5. The van der Waals surface area contributed by atoms with Gasteiger partial charge in [0.1, 0.15) is 0 Å². The van der Waals surface area contributed by atoms with Gasteiger partial charge in [0.05, 0.1) is 18.8 Å². The molecule has 0 N–H and O–H groups in total. The summed E-state index contributed by atoms with van der Waals surface area (Å²) in [5.41, 5.74) is -0.599. The Morgan fingerprint density at radius 1 is 1.03 bits per heavy atom. The summed E-state index contributed by atoms with van der Waals surface area (Å²) in [5.74, 6) is -1.12. The number of esters is 2. The molecule has 0 saturated heterocycles. The fourth-order valence-corrected chi connectivity index (χ4v) is 4.78. The first-order valence-corrected chi connectivity index (χ1v) is 13.6.